The number of nitrogens with zero attached hydrogens (tertiary/aromatic N) is 1. The summed E-state index contributed by atoms with van der Waals surface area (Å²) in [4.78, 5) is 30.7. The molecular formula is C23H24F5N5O3. The summed E-state index contributed by atoms with van der Waals surface area (Å²) in [5, 5.41) is 5.24. The molecule has 0 radical (unpaired) electrons. The van der Waals surface area contributed by atoms with Crippen LogP contribution in [0.4, 0.5) is 33.6 Å². The van der Waals surface area contributed by atoms with E-state index in [2.05, 4.69) is 20.6 Å². The fourth-order valence-electron chi connectivity index (χ4n) is 3.19. The summed E-state index contributed by atoms with van der Waals surface area (Å²) in [5.41, 5.74) is 3.82. The van der Waals surface area contributed by atoms with Crippen molar-refractivity contribution in [2.75, 3.05) is 11.9 Å². The van der Waals surface area contributed by atoms with Crippen LogP contribution in [-0.2, 0) is 17.5 Å². The van der Waals surface area contributed by atoms with Crippen molar-refractivity contribution in [3.8, 4) is 5.75 Å². The SMILES string of the molecule is CC(C)(C)C(=O)NCc1ccc(C(F)(F)F)c(Nc2nc3cc(C(N)=O)c(OCC(F)F)cc3[nH]2)c1. The summed E-state index contributed by atoms with van der Waals surface area (Å²) in [6.07, 6.45) is -7.50. The Hall–Kier alpha value is -3.90. The first-order valence-electron chi connectivity index (χ1n) is 10.6. The normalized spacial score (nSPS) is 12.1. The third-order valence-corrected chi connectivity index (χ3v) is 4.99. The lowest BCUT2D eigenvalue weighted by Gasteiger charge is -2.19. The van der Waals surface area contributed by atoms with Crippen molar-refractivity contribution < 1.29 is 36.3 Å². The van der Waals surface area contributed by atoms with Gasteiger partial charge in [-0.1, -0.05) is 26.8 Å². The van der Waals surface area contributed by atoms with Gasteiger partial charge >= 0.3 is 6.18 Å². The Bertz CT molecular complexity index is 1280. The van der Waals surface area contributed by atoms with Crippen LogP contribution >= 0.6 is 0 Å². The number of nitrogens with two attached hydrogens (primary N) is 1. The first-order valence-corrected chi connectivity index (χ1v) is 10.6. The maximum Gasteiger partial charge on any atom is 0.418 e. The summed E-state index contributed by atoms with van der Waals surface area (Å²) in [6.45, 7) is 4.13. The average molecular weight is 513 g/mol. The number of H-pyrrole nitrogens is 1. The second-order valence-electron chi connectivity index (χ2n) is 8.95. The topological polar surface area (TPSA) is 122 Å². The van der Waals surface area contributed by atoms with Gasteiger partial charge in [0.2, 0.25) is 11.9 Å². The molecule has 0 unspecified atom stereocenters. The van der Waals surface area contributed by atoms with E-state index in [0.29, 0.717) is 5.56 Å². The van der Waals surface area contributed by atoms with E-state index in [1.165, 1.54) is 24.3 Å². The van der Waals surface area contributed by atoms with Crippen LogP contribution in [0.25, 0.3) is 11.0 Å². The van der Waals surface area contributed by atoms with Crippen molar-refractivity contribution >= 4 is 34.5 Å². The first-order chi connectivity index (χ1) is 16.6. The van der Waals surface area contributed by atoms with Gasteiger partial charge in [0, 0.05) is 18.0 Å². The number of aromatic nitrogens is 2. The molecule has 0 spiro atoms. The van der Waals surface area contributed by atoms with Gasteiger partial charge in [0.25, 0.3) is 12.3 Å². The third-order valence-electron chi connectivity index (χ3n) is 4.99. The van der Waals surface area contributed by atoms with Crippen LogP contribution in [0.3, 0.4) is 0 Å². The van der Waals surface area contributed by atoms with Crippen LogP contribution in [0.15, 0.2) is 30.3 Å². The molecule has 0 aliphatic carbocycles. The predicted molar refractivity (Wildman–Crippen MR) is 122 cm³/mol. The van der Waals surface area contributed by atoms with Gasteiger partial charge in [-0.05, 0) is 23.8 Å². The molecule has 0 aliphatic heterocycles. The van der Waals surface area contributed by atoms with Gasteiger partial charge in [-0.3, -0.25) is 9.59 Å². The number of amides is 2. The maximum atomic E-state index is 13.6. The largest absolute Gasteiger partial charge is 0.487 e. The van der Waals surface area contributed by atoms with Crippen LogP contribution < -0.4 is 21.1 Å². The number of hydrogen-bond donors (Lipinski definition) is 4. The second-order valence-corrected chi connectivity index (χ2v) is 8.95. The summed E-state index contributed by atoms with van der Waals surface area (Å²) < 4.78 is 70.9. The standard InChI is InChI=1S/C23H24F5N5O3/c1-22(2,3)20(35)30-9-11-4-5-13(23(26,27)28)14(6-11)31-21-32-15-7-12(19(29)34)17(8-16(15)33-21)36-10-18(24)25/h4-8,18H,9-10H2,1-3H3,(H2,29,34)(H,30,35)(H2,31,32,33). The predicted octanol–water partition coefficient (Wildman–Crippen LogP) is 4.73. The maximum absolute atomic E-state index is 13.6. The van der Waals surface area contributed by atoms with Gasteiger partial charge in [0.1, 0.15) is 12.4 Å². The lowest BCUT2D eigenvalue weighted by atomic mass is 9.95. The highest BCUT2D eigenvalue weighted by Crippen LogP contribution is 2.37. The quantitative estimate of drug-likeness (QED) is 0.325. The first kappa shape index (κ1) is 26.7. The molecule has 3 rings (SSSR count). The van der Waals surface area contributed by atoms with Crippen molar-refractivity contribution in [3.05, 3.63) is 47.0 Å². The minimum absolute atomic E-state index is 0.00411. The van der Waals surface area contributed by atoms with Crippen molar-refractivity contribution in [1.29, 1.82) is 0 Å². The van der Waals surface area contributed by atoms with Crippen molar-refractivity contribution in [2.24, 2.45) is 11.1 Å². The van der Waals surface area contributed by atoms with Crippen molar-refractivity contribution in [3.63, 3.8) is 0 Å². The summed E-state index contributed by atoms with van der Waals surface area (Å²) in [6, 6.07) is 5.75. The number of alkyl halides is 5. The highest BCUT2D eigenvalue weighted by atomic mass is 19.4. The number of imidazole rings is 1. The van der Waals surface area contributed by atoms with E-state index >= 15 is 0 Å². The number of benzene rings is 2. The van der Waals surface area contributed by atoms with E-state index < -0.39 is 36.1 Å². The van der Waals surface area contributed by atoms with Gasteiger partial charge in [0.05, 0.1) is 27.8 Å². The van der Waals surface area contributed by atoms with Crippen molar-refractivity contribution in [1.82, 2.24) is 15.3 Å². The number of carbonyl (C=O) groups is 2. The molecule has 0 saturated carbocycles. The Morgan fingerprint density at radius 3 is 2.42 bits per heavy atom. The molecule has 13 heteroatoms. The molecule has 194 valence electrons. The van der Waals surface area contributed by atoms with Gasteiger partial charge in [-0.15, -0.1) is 0 Å². The fraction of sp³-hybridized carbons (Fsp3) is 0.348. The summed E-state index contributed by atoms with van der Waals surface area (Å²) in [5.74, 6) is -1.57. The summed E-state index contributed by atoms with van der Waals surface area (Å²) >= 11 is 0. The monoisotopic (exact) mass is 513 g/mol. The Morgan fingerprint density at radius 2 is 1.83 bits per heavy atom. The second kappa shape index (κ2) is 9.99. The highest BCUT2D eigenvalue weighted by Gasteiger charge is 2.34. The average Bonchev–Trinajstić information content (AvgIpc) is 3.14. The van der Waals surface area contributed by atoms with Crippen LogP contribution in [0.1, 0.15) is 42.3 Å². The molecule has 0 saturated heterocycles. The zero-order chi connectivity index (χ0) is 26.8. The summed E-state index contributed by atoms with van der Waals surface area (Å²) in [7, 11) is 0. The number of halogens is 5. The molecule has 8 nitrogen and oxygen atoms in total. The van der Waals surface area contributed by atoms with E-state index in [1.807, 2.05) is 0 Å². The number of nitrogens with one attached hydrogen (secondary N) is 3. The van der Waals surface area contributed by atoms with Crippen LogP contribution in [-0.4, -0.2) is 34.8 Å². The zero-order valence-corrected chi connectivity index (χ0v) is 19.5. The molecule has 0 fully saturated rings. The molecule has 0 atom stereocenters. The number of anilines is 2. The van der Waals surface area contributed by atoms with E-state index in [0.717, 1.165) is 6.07 Å². The number of ether oxygens (including phenoxy) is 1. The number of rotatable bonds is 8. The molecule has 1 heterocycles. The number of aromatic amines is 1. The Labute approximate surface area is 202 Å². The van der Waals surface area contributed by atoms with Crippen LogP contribution in [0, 0.1) is 5.41 Å². The van der Waals surface area contributed by atoms with Crippen LogP contribution in [0.2, 0.25) is 0 Å². The van der Waals surface area contributed by atoms with E-state index in [1.54, 1.807) is 20.8 Å². The molecule has 2 aromatic carbocycles. The van der Waals surface area contributed by atoms with Crippen molar-refractivity contribution in [2.45, 2.75) is 39.9 Å². The number of primary amides is 1. The lowest BCUT2D eigenvalue weighted by molar-refractivity contribution is -0.137. The minimum Gasteiger partial charge on any atom is -0.487 e. The lowest BCUT2D eigenvalue weighted by Crippen LogP contribution is -2.34. The molecule has 1 aromatic heterocycles. The smallest absolute Gasteiger partial charge is 0.418 e. The minimum atomic E-state index is -4.70. The molecule has 2 amide bonds. The van der Waals surface area contributed by atoms with Gasteiger partial charge in [-0.2, -0.15) is 13.2 Å². The molecule has 0 bridgehead atoms. The van der Waals surface area contributed by atoms with Gasteiger partial charge in [0.15, 0.2) is 0 Å². The zero-order valence-electron chi connectivity index (χ0n) is 19.5. The molecular weight excluding hydrogens is 489 g/mol. The number of fused-ring (bicyclic) bond motifs is 1. The number of hydrogen-bond acceptors (Lipinski definition) is 5. The Balaban J connectivity index is 1.95. The molecule has 36 heavy (non-hydrogen) atoms. The van der Waals surface area contributed by atoms with Crippen LogP contribution in [0.5, 0.6) is 5.75 Å². The number of carbonyl (C=O) groups excluding carboxylic acids is 2. The highest BCUT2D eigenvalue weighted by molar-refractivity contribution is 5.99. The molecule has 3 aromatic rings. The Kier molecular flexibility index (Phi) is 7.41. The fourth-order valence-corrected chi connectivity index (χ4v) is 3.19. The van der Waals surface area contributed by atoms with E-state index in [4.69, 9.17) is 10.5 Å². The Morgan fingerprint density at radius 1 is 1.14 bits per heavy atom. The van der Waals surface area contributed by atoms with E-state index in [9.17, 15) is 31.5 Å². The van der Waals surface area contributed by atoms with Gasteiger partial charge < -0.3 is 26.1 Å². The molecule has 5 N–H and O–H groups in total. The third kappa shape index (κ3) is 6.40. The van der Waals surface area contributed by atoms with Gasteiger partial charge in [-0.25, -0.2) is 13.8 Å². The van der Waals surface area contributed by atoms with E-state index in [-0.39, 0.29) is 46.4 Å². The molecule has 0 aliphatic rings.